The van der Waals surface area contributed by atoms with E-state index in [1.165, 1.54) is 0 Å². The lowest BCUT2D eigenvalue weighted by Crippen LogP contribution is -2.04. The van der Waals surface area contributed by atoms with Crippen molar-refractivity contribution in [3.05, 3.63) is 40.6 Å². The predicted octanol–water partition coefficient (Wildman–Crippen LogP) is 2.51. The van der Waals surface area contributed by atoms with Gasteiger partial charge in [0.2, 0.25) is 0 Å². The van der Waals surface area contributed by atoms with Gasteiger partial charge in [-0.15, -0.1) is 0 Å². The SMILES string of the molecule is Cc1cccc(C)c1OCc1c(C)nn(C)c1N. The summed E-state index contributed by atoms with van der Waals surface area (Å²) in [6.07, 6.45) is 0. The van der Waals surface area contributed by atoms with E-state index in [0.717, 1.165) is 28.1 Å². The molecule has 0 atom stereocenters. The van der Waals surface area contributed by atoms with Crippen LogP contribution >= 0.6 is 0 Å². The Morgan fingerprint density at radius 1 is 1.22 bits per heavy atom. The van der Waals surface area contributed by atoms with Crippen molar-refractivity contribution >= 4 is 5.82 Å². The Morgan fingerprint density at radius 2 is 1.83 bits per heavy atom. The molecule has 0 saturated carbocycles. The summed E-state index contributed by atoms with van der Waals surface area (Å²) in [5.41, 5.74) is 10.1. The van der Waals surface area contributed by atoms with Crippen LogP contribution in [0.3, 0.4) is 0 Å². The highest BCUT2D eigenvalue weighted by molar-refractivity contribution is 5.44. The van der Waals surface area contributed by atoms with E-state index in [-0.39, 0.29) is 0 Å². The number of benzene rings is 1. The molecule has 0 spiro atoms. The van der Waals surface area contributed by atoms with Crippen LogP contribution in [0.5, 0.6) is 5.75 Å². The average Bonchev–Trinajstić information content (AvgIpc) is 2.54. The molecule has 18 heavy (non-hydrogen) atoms. The Labute approximate surface area is 107 Å². The summed E-state index contributed by atoms with van der Waals surface area (Å²) in [6, 6.07) is 6.12. The fourth-order valence-electron chi connectivity index (χ4n) is 2.07. The van der Waals surface area contributed by atoms with Crippen LogP contribution in [-0.2, 0) is 13.7 Å². The Hall–Kier alpha value is -1.97. The summed E-state index contributed by atoms with van der Waals surface area (Å²) < 4.78 is 7.57. The van der Waals surface area contributed by atoms with Gasteiger partial charge >= 0.3 is 0 Å². The molecule has 1 aromatic carbocycles. The number of nitrogen functional groups attached to an aromatic ring is 1. The number of hydrogen-bond acceptors (Lipinski definition) is 3. The van der Waals surface area contributed by atoms with Crippen LogP contribution in [0.4, 0.5) is 5.82 Å². The third kappa shape index (κ3) is 2.18. The minimum Gasteiger partial charge on any atom is -0.488 e. The molecule has 2 N–H and O–H groups in total. The molecule has 2 aromatic rings. The zero-order valence-corrected chi connectivity index (χ0v) is 11.3. The largest absolute Gasteiger partial charge is 0.488 e. The maximum atomic E-state index is 5.96. The maximum absolute atomic E-state index is 5.96. The van der Waals surface area contributed by atoms with E-state index in [9.17, 15) is 0 Å². The predicted molar refractivity (Wildman–Crippen MR) is 72.6 cm³/mol. The van der Waals surface area contributed by atoms with Crippen LogP contribution in [0.15, 0.2) is 18.2 Å². The molecular weight excluding hydrogens is 226 g/mol. The Balaban J connectivity index is 2.22. The molecule has 0 amide bonds. The highest BCUT2D eigenvalue weighted by Crippen LogP contribution is 2.25. The molecular formula is C14H19N3O. The van der Waals surface area contributed by atoms with Crippen LogP contribution in [0.2, 0.25) is 0 Å². The fraction of sp³-hybridized carbons (Fsp3) is 0.357. The molecule has 1 heterocycles. The highest BCUT2D eigenvalue weighted by atomic mass is 16.5. The van der Waals surface area contributed by atoms with Gasteiger partial charge in [0, 0.05) is 7.05 Å². The average molecular weight is 245 g/mol. The number of aryl methyl sites for hydroxylation is 4. The number of aromatic nitrogens is 2. The third-order valence-electron chi connectivity index (χ3n) is 3.16. The van der Waals surface area contributed by atoms with Crippen molar-refractivity contribution in [1.82, 2.24) is 9.78 Å². The Kier molecular flexibility index (Phi) is 3.28. The Morgan fingerprint density at radius 3 is 2.33 bits per heavy atom. The second kappa shape index (κ2) is 4.72. The number of anilines is 1. The smallest absolute Gasteiger partial charge is 0.128 e. The van der Waals surface area contributed by atoms with Crippen LogP contribution in [0, 0.1) is 20.8 Å². The Bertz CT molecular complexity index is 552. The molecule has 0 fully saturated rings. The first-order valence-corrected chi connectivity index (χ1v) is 5.97. The number of para-hydroxylation sites is 1. The molecule has 4 nitrogen and oxygen atoms in total. The van der Waals surface area contributed by atoms with Crippen molar-refractivity contribution < 1.29 is 4.74 Å². The van der Waals surface area contributed by atoms with Gasteiger partial charge in [0.05, 0.1) is 11.3 Å². The van der Waals surface area contributed by atoms with Gasteiger partial charge in [-0.25, -0.2) is 0 Å². The molecule has 0 saturated heterocycles. The van der Waals surface area contributed by atoms with Crippen LogP contribution in [0.1, 0.15) is 22.4 Å². The number of ether oxygens (including phenoxy) is 1. The third-order valence-corrected chi connectivity index (χ3v) is 3.16. The van der Waals surface area contributed by atoms with Crippen molar-refractivity contribution in [2.75, 3.05) is 5.73 Å². The van der Waals surface area contributed by atoms with Gasteiger partial charge < -0.3 is 10.5 Å². The summed E-state index contributed by atoms with van der Waals surface area (Å²) in [4.78, 5) is 0. The topological polar surface area (TPSA) is 53.1 Å². The molecule has 96 valence electrons. The van der Waals surface area contributed by atoms with Crippen molar-refractivity contribution in [2.24, 2.45) is 7.05 Å². The first-order valence-electron chi connectivity index (χ1n) is 5.97. The minimum absolute atomic E-state index is 0.456. The summed E-state index contributed by atoms with van der Waals surface area (Å²) in [5.74, 6) is 1.60. The van der Waals surface area contributed by atoms with E-state index in [2.05, 4.69) is 5.10 Å². The monoisotopic (exact) mass is 245 g/mol. The maximum Gasteiger partial charge on any atom is 0.128 e. The van der Waals surface area contributed by atoms with Crippen LogP contribution in [0.25, 0.3) is 0 Å². The fourth-order valence-corrected chi connectivity index (χ4v) is 2.07. The molecule has 0 aliphatic rings. The van der Waals surface area contributed by atoms with E-state index in [1.54, 1.807) is 4.68 Å². The molecule has 0 bridgehead atoms. The lowest BCUT2D eigenvalue weighted by atomic mass is 10.1. The van der Waals surface area contributed by atoms with Crippen molar-refractivity contribution in [1.29, 1.82) is 0 Å². The first-order chi connectivity index (χ1) is 8.50. The van der Waals surface area contributed by atoms with Crippen LogP contribution in [-0.4, -0.2) is 9.78 Å². The zero-order valence-electron chi connectivity index (χ0n) is 11.3. The first kappa shape index (κ1) is 12.5. The normalized spacial score (nSPS) is 10.7. The van der Waals surface area contributed by atoms with Crippen molar-refractivity contribution in [3.63, 3.8) is 0 Å². The van der Waals surface area contributed by atoms with Gasteiger partial charge in [0.15, 0.2) is 0 Å². The number of nitrogens with two attached hydrogens (primary N) is 1. The van der Waals surface area contributed by atoms with Crippen molar-refractivity contribution in [2.45, 2.75) is 27.4 Å². The highest BCUT2D eigenvalue weighted by Gasteiger charge is 2.12. The molecule has 0 unspecified atom stereocenters. The molecule has 0 aliphatic carbocycles. The lowest BCUT2D eigenvalue weighted by molar-refractivity contribution is 0.302. The van der Waals surface area contributed by atoms with Gasteiger partial charge in [0.1, 0.15) is 18.2 Å². The zero-order chi connectivity index (χ0) is 13.3. The van der Waals surface area contributed by atoms with Gasteiger partial charge in [-0.05, 0) is 31.9 Å². The van der Waals surface area contributed by atoms with E-state index in [4.69, 9.17) is 10.5 Å². The summed E-state index contributed by atoms with van der Waals surface area (Å²) in [5, 5.41) is 4.28. The number of hydrogen-bond donors (Lipinski definition) is 1. The standard InChI is InChI=1S/C14H19N3O/c1-9-6-5-7-10(2)13(9)18-8-12-11(3)16-17(4)14(12)15/h5-7H,8,15H2,1-4H3. The van der Waals surface area contributed by atoms with Gasteiger partial charge in [-0.1, -0.05) is 18.2 Å². The number of rotatable bonds is 3. The lowest BCUT2D eigenvalue weighted by Gasteiger charge is -2.12. The van der Waals surface area contributed by atoms with Gasteiger partial charge in [-0.3, -0.25) is 4.68 Å². The quantitative estimate of drug-likeness (QED) is 0.904. The van der Waals surface area contributed by atoms with Gasteiger partial charge in [-0.2, -0.15) is 5.10 Å². The second-order valence-electron chi connectivity index (χ2n) is 4.58. The molecule has 0 aliphatic heterocycles. The van der Waals surface area contributed by atoms with Gasteiger partial charge in [0.25, 0.3) is 0 Å². The van der Waals surface area contributed by atoms with E-state index < -0.39 is 0 Å². The number of nitrogens with zero attached hydrogens (tertiary/aromatic N) is 2. The molecule has 0 radical (unpaired) electrons. The molecule has 2 rings (SSSR count). The summed E-state index contributed by atoms with van der Waals surface area (Å²) in [7, 11) is 1.84. The minimum atomic E-state index is 0.456. The van der Waals surface area contributed by atoms with Crippen LogP contribution < -0.4 is 10.5 Å². The van der Waals surface area contributed by atoms with Crippen molar-refractivity contribution in [3.8, 4) is 5.75 Å². The summed E-state index contributed by atoms with van der Waals surface area (Å²) in [6.45, 7) is 6.49. The molecule has 1 aromatic heterocycles. The van der Waals surface area contributed by atoms with E-state index in [0.29, 0.717) is 12.4 Å². The molecule has 4 heteroatoms. The van der Waals surface area contributed by atoms with E-state index >= 15 is 0 Å². The second-order valence-corrected chi connectivity index (χ2v) is 4.58. The summed E-state index contributed by atoms with van der Waals surface area (Å²) >= 11 is 0. The van der Waals surface area contributed by atoms with E-state index in [1.807, 2.05) is 46.0 Å².